The summed E-state index contributed by atoms with van der Waals surface area (Å²) in [5.41, 5.74) is 4.95. The minimum Gasteiger partial charge on any atom is -0.490 e. The van der Waals surface area contributed by atoms with Crippen LogP contribution in [0.25, 0.3) is 11.1 Å². The van der Waals surface area contributed by atoms with Crippen LogP contribution in [0.2, 0.25) is 0 Å². The number of aryl methyl sites for hydroxylation is 3. The monoisotopic (exact) mass is 670 g/mol. The summed E-state index contributed by atoms with van der Waals surface area (Å²) in [4.78, 5) is 23.4. The van der Waals surface area contributed by atoms with Crippen LogP contribution >= 0.6 is 0 Å². The molecule has 0 saturated carbocycles. The number of esters is 2. The average Bonchev–Trinajstić information content (AvgIpc) is 3.08. The van der Waals surface area contributed by atoms with Crippen molar-refractivity contribution in [2.75, 3.05) is 39.6 Å². The molecule has 11 heteroatoms. The summed E-state index contributed by atoms with van der Waals surface area (Å²) in [6.45, 7) is 5.84. The fourth-order valence-electron chi connectivity index (χ4n) is 4.53. The van der Waals surface area contributed by atoms with Gasteiger partial charge in [-0.25, -0.2) is 9.59 Å². The molecule has 0 amide bonds. The fourth-order valence-corrected chi connectivity index (χ4v) is 4.53. The van der Waals surface area contributed by atoms with E-state index in [1.54, 1.807) is 6.07 Å². The van der Waals surface area contributed by atoms with E-state index in [1.807, 2.05) is 60.7 Å². The van der Waals surface area contributed by atoms with Crippen molar-refractivity contribution in [3.63, 3.8) is 0 Å². The van der Waals surface area contributed by atoms with E-state index >= 15 is 0 Å². The van der Waals surface area contributed by atoms with Gasteiger partial charge in [0.05, 0.1) is 24.4 Å². The molecule has 258 valence electrons. The van der Waals surface area contributed by atoms with Crippen molar-refractivity contribution in [2.24, 2.45) is 0 Å². The number of ether oxygens (including phenoxy) is 4. The number of carbonyl (C=O) groups excluding carboxylic acids is 2. The first kappa shape index (κ1) is 37.8. The van der Waals surface area contributed by atoms with Gasteiger partial charge in [0.15, 0.2) is 0 Å². The molecule has 0 spiro atoms. The Kier molecular flexibility index (Phi) is 15.2. The van der Waals surface area contributed by atoms with E-state index in [0.29, 0.717) is 37.2 Å². The Morgan fingerprint density at radius 1 is 0.604 bits per heavy atom. The Labute approximate surface area is 278 Å². The van der Waals surface area contributed by atoms with E-state index in [2.05, 4.69) is 13.2 Å². The molecule has 0 atom stereocenters. The van der Waals surface area contributed by atoms with Crippen molar-refractivity contribution in [1.82, 2.24) is 0 Å². The van der Waals surface area contributed by atoms with Crippen LogP contribution in [-0.4, -0.2) is 68.0 Å². The molecule has 8 nitrogen and oxygen atoms in total. The summed E-state index contributed by atoms with van der Waals surface area (Å²) in [5.74, 6) is -0.467. The van der Waals surface area contributed by atoms with Gasteiger partial charge in [0.25, 0.3) is 0 Å². The molecule has 0 aromatic heterocycles. The molecular weight excluding hydrogens is 629 g/mol. The van der Waals surface area contributed by atoms with Crippen molar-refractivity contribution in [1.29, 1.82) is 0 Å². The van der Waals surface area contributed by atoms with Gasteiger partial charge >= 0.3 is 18.1 Å². The Morgan fingerprint density at radius 3 is 1.48 bits per heavy atom. The lowest BCUT2D eigenvalue weighted by Gasteiger charge is -2.13. The fraction of sp³-hybridized carbons (Fsp3) is 0.351. The predicted molar refractivity (Wildman–Crippen MR) is 175 cm³/mol. The maximum Gasteiger partial charge on any atom is 0.389 e. The molecule has 0 bridgehead atoms. The maximum absolute atomic E-state index is 12.4. The van der Waals surface area contributed by atoms with Gasteiger partial charge in [-0.1, -0.05) is 61.7 Å². The highest BCUT2D eigenvalue weighted by Crippen LogP contribution is 2.26. The normalized spacial score (nSPS) is 11.1. The molecule has 0 aliphatic rings. The Bertz CT molecular complexity index is 1440. The molecule has 3 aromatic carbocycles. The van der Waals surface area contributed by atoms with Crippen LogP contribution in [-0.2, 0) is 38.3 Å². The van der Waals surface area contributed by atoms with Gasteiger partial charge in [0.1, 0.15) is 37.9 Å². The van der Waals surface area contributed by atoms with Gasteiger partial charge < -0.3 is 29.2 Å². The van der Waals surface area contributed by atoms with Crippen molar-refractivity contribution in [3.8, 4) is 22.6 Å². The van der Waals surface area contributed by atoms with Crippen molar-refractivity contribution >= 4 is 11.9 Å². The van der Waals surface area contributed by atoms with E-state index in [-0.39, 0.29) is 44.0 Å². The Hall–Kier alpha value is -4.61. The van der Waals surface area contributed by atoms with Crippen LogP contribution in [0.5, 0.6) is 11.5 Å². The van der Waals surface area contributed by atoms with E-state index in [0.717, 1.165) is 27.8 Å². The van der Waals surface area contributed by atoms with Gasteiger partial charge in [-0.05, 0) is 72.1 Å². The van der Waals surface area contributed by atoms with E-state index in [9.17, 15) is 22.8 Å². The quantitative estimate of drug-likeness (QED) is 0.0813. The standard InChI is InChI=1S/C37H41F3O8/c1-26(24-41)35(43)47-19-17-45-33-21-30(22-34(23-33)46-18-20-48-36(44)27(2)25-42)7-6-29-10-14-32(15-11-29)31-12-8-28(9-13-31)5-3-4-16-37(38,39)40/h8-15,21-23,41-42H,1-7,16-20,24-25H2. The number of unbranched alkanes of at least 4 members (excludes halogenated alkanes) is 1. The smallest absolute Gasteiger partial charge is 0.389 e. The molecule has 0 saturated heterocycles. The summed E-state index contributed by atoms with van der Waals surface area (Å²) in [7, 11) is 0. The zero-order valence-corrected chi connectivity index (χ0v) is 26.7. The highest BCUT2D eigenvalue weighted by atomic mass is 19.4. The molecule has 0 fully saturated rings. The molecule has 0 heterocycles. The summed E-state index contributed by atoms with van der Waals surface area (Å²) in [6, 6.07) is 21.4. The number of aliphatic hydroxyl groups excluding tert-OH is 2. The van der Waals surface area contributed by atoms with Crippen molar-refractivity contribution in [3.05, 3.63) is 108 Å². The average molecular weight is 671 g/mol. The number of alkyl halides is 3. The predicted octanol–water partition coefficient (Wildman–Crippen LogP) is 6.35. The third-order valence-electron chi connectivity index (χ3n) is 7.19. The molecule has 48 heavy (non-hydrogen) atoms. The first-order valence-electron chi connectivity index (χ1n) is 15.5. The lowest BCUT2D eigenvalue weighted by Crippen LogP contribution is -2.15. The zero-order chi connectivity index (χ0) is 34.9. The number of rotatable bonds is 20. The van der Waals surface area contributed by atoms with Gasteiger partial charge in [-0.15, -0.1) is 0 Å². The Balaban J connectivity index is 1.58. The first-order chi connectivity index (χ1) is 23.0. The highest BCUT2D eigenvalue weighted by Gasteiger charge is 2.25. The third kappa shape index (κ3) is 13.6. The minimum absolute atomic E-state index is 0.0503. The van der Waals surface area contributed by atoms with Crippen molar-refractivity contribution < 1.29 is 51.9 Å². The van der Waals surface area contributed by atoms with Crippen molar-refractivity contribution in [2.45, 2.75) is 44.7 Å². The van der Waals surface area contributed by atoms with Gasteiger partial charge in [-0.2, -0.15) is 13.2 Å². The molecule has 0 radical (unpaired) electrons. The second-order valence-electron chi connectivity index (χ2n) is 11.0. The second kappa shape index (κ2) is 19.3. The molecule has 0 unspecified atom stereocenters. The maximum atomic E-state index is 12.4. The minimum atomic E-state index is -4.11. The number of hydrogen-bond acceptors (Lipinski definition) is 8. The van der Waals surface area contributed by atoms with E-state index < -0.39 is 37.7 Å². The molecule has 3 rings (SSSR count). The van der Waals surface area contributed by atoms with Crippen LogP contribution in [0.1, 0.15) is 36.0 Å². The number of aliphatic hydroxyl groups is 2. The summed E-state index contributed by atoms with van der Waals surface area (Å²) >= 11 is 0. The molecule has 0 aliphatic carbocycles. The molecule has 2 N–H and O–H groups in total. The van der Waals surface area contributed by atoms with Gasteiger partial charge in [0.2, 0.25) is 0 Å². The second-order valence-corrected chi connectivity index (χ2v) is 11.0. The number of halogens is 3. The lowest BCUT2D eigenvalue weighted by molar-refractivity contribution is -0.141. The van der Waals surface area contributed by atoms with Crippen LogP contribution < -0.4 is 9.47 Å². The summed E-state index contributed by atoms with van der Waals surface area (Å²) < 4.78 is 58.7. The highest BCUT2D eigenvalue weighted by molar-refractivity contribution is 5.88. The number of carbonyl (C=O) groups is 2. The molecule has 0 aliphatic heterocycles. The van der Waals surface area contributed by atoms with Crippen LogP contribution in [0, 0.1) is 0 Å². The summed E-state index contributed by atoms with van der Waals surface area (Å²) in [5, 5.41) is 18.0. The van der Waals surface area contributed by atoms with Gasteiger partial charge in [0, 0.05) is 12.5 Å². The number of benzene rings is 3. The SMILES string of the molecule is C=C(CO)C(=O)OCCOc1cc(CCc2ccc(-c3ccc(CCCCC(F)(F)F)cc3)cc2)cc(OCCOC(=O)C(=C)CO)c1. The number of hydrogen-bond donors (Lipinski definition) is 2. The zero-order valence-electron chi connectivity index (χ0n) is 26.7. The topological polar surface area (TPSA) is 112 Å². The Morgan fingerprint density at radius 2 is 1.04 bits per heavy atom. The van der Waals surface area contributed by atoms with Crippen LogP contribution in [0.4, 0.5) is 13.2 Å². The lowest BCUT2D eigenvalue weighted by atomic mass is 9.98. The van der Waals surface area contributed by atoms with Gasteiger partial charge in [-0.3, -0.25) is 0 Å². The molecule has 3 aromatic rings. The largest absolute Gasteiger partial charge is 0.490 e. The third-order valence-corrected chi connectivity index (χ3v) is 7.19. The van der Waals surface area contributed by atoms with E-state index in [1.165, 1.54) is 0 Å². The van der Waals surface area contributed by atoms with Crippen LogP contribution in [0.3, 0.4) is 0 Å². The first-order valence-corrected chi connectivity index (χ1v) is 15.5. The van der Waals surface area contributed by atoms with E-state index in [4.69, 9.17) is 29.2 Å². The summed E-state index contributed by atoms with van der Waals surface area (Å²) in [6.07, 6.45) is -2.29. The van der Waals surface area contributed by atoms with Crippen LogP contribution in [0.15, 0.2) is 91.0 Å². The molecular formula is C37H41F3O8.